The number of thioether (sulfide) groups is 1. The van der Waals surface area contributed by atoms with Gasteiger partial charge in [0.05, 0.1) is 5.24 Å². The Balaban J connectivity index is 0. The summed E-state index contributed by atoms with van der Waals surface area (Å²) in [5, 5.41) is 2.34. The minimum absolute atomic E-state index is 0.357. The van der Waals surface area contributed by atoms with E-state index in [1.807, 2.05) is 26.2 Å². The Morgan fingerprint density at radius 1 is 1.26 bits per heavy atom. The number of amides is 2. The van der Waals surface area contributed by atoms with Crippen LogP contribution in [-0.2, 0) is 18.4 Å². The third kappa shape index (κ3) is 19.5. The summed E-state index contributed by atoms with van der Waals surface area (Å²) in [6, 6.07) is 7.33. The maximum absolute atomic E-state index is 10.4. The van der Waals surface area contributed by atoms with E-state index in [0.29, 0.717) is 10.8 Å². The van der Waals surface area contributed by atoms with Gasteiger partial charge < -0.3 is 34.2 Å². The molecule has 8 heteroatoms. The molecule has 0 atom stereocenters. The molecule has 1 aromatic rings. The molecular formula is C11H17ClN3O2S2-. The molecule has 0 saturated carbocycles. The molecule has 0 unspecified atom stereocenters. The minimum atomic E-state index is -0.750. The molecule has 1 aromatic carbocycles. The van der Waals surface area contributed by atoms with Crippen molar-refractivity contribution in [1.29, 1.82) is 0 Å². The molecule has 108 valence electrons. The number of carbonyl (C=O) groups is 2. The van der Waals surface area contributed by atoms with Gasteiger partial charge in [-0.05, 0) is 31.8 Å². The highest BCUT2D eigenvalue weighted by Gasteiger charge is 1.96. The average Bonchev–Trinajstić information content (AvgIpc) is 2.28. The van der Waals surface area contributed by atoms with E-state index >= 15 is 0 Å². The van der Waals surface area contributed by atoms with Crippen LogP contribution in [-0.4, -0.2) is 24.6 Å². The van der Waals surface area contributed by atoms with E-state index in [0.717, 1.165) is 17.3 Å². The van der Waals surface area contributed by atoms with Crippen molar-refractivity contribution in [2.45, 2.75) is 5.75 Å². The summed E-state index contributed by atoms with van der Waals surface area (Å²) < 4.78 is 0. The predicted molar refractivity (Wildman–Crippen MR) is 84.3 cm³/mol. The van der Waals surface area contributed by atoms with Crippen LogP contribution in [0.15, 0.2) is 24.3 Å². The molecule has 5 nitrogen and oxygen atoms in total. The van der Waals surface area contributed by atoms with Crippen LogP contribution in [0.1, 0.15) is 5.56 Å². The summed E-state index contributed by atoms with van der Waals surface area (Å²) in [6.07, 6.45) is 0. The molecule has 0 spiro atoms. The third-order valence-electron chi connectivity index (χ3n) is 1.29. The van der Waals surface area contributed by atoms with Crippen LogP contribution in [0.3, 0.4) is 0 Å². The van der Waals surface area contributed by atoms with Crippen molar-refractivity contribution in [2.24, 2.45) is 11.5 Å². The van der Waals surface area contributed by atoms with Gasteiger partial charge in [0.15, 0.2) is 0 Å². The van der Waals surface area contributed by atoms with E-state index in [-0.39, 0.29) is 5.24 Å². The average molecular weight is 323 g/mol. The van der Waals surface area contributed by atoms with E-state index in [2.05, 4.69) is 23.7 Å². The van der Waals surface area contributed by atoms with Crippen molar-refractivity contribution in [3.8, 4) is 0 Å². The molecule has 0 aliphatic carbocycles. The first-order chi connectivity index (χ1) is 8.83. The van der Waals surface area contributed by atoms with Gasteiger partial charge in [-0.2, -0.15) is 0 Å². The number of halogens is 1. The van der Waals surface area contributed by atoms with Gasteiger partial charge in [-0.25, -0.2) is 0 Å². The molecule has 0 radical (unpaired) electrons. The highest BCUT2D eigenvalue weighted by Crippen LogP contribution is 2.14. The number of rotatable bonds is 2. The smallest absolute Gasteiger partial charge is 0.276 e. The lowest BCUT2D eigenvalue weighted by Crippen LogP contribution is -2.02. The Morgan fingerprint density at radius 3 is 1.95 bits per heavy atom. The summed E-state index contributed by atoms with van der Waals surface area (Å²) in [5.74, 6) is 0.604. The second-order valence-electron chi connectivity index (χ2n) is 3.05. The Hall–Kier alpha value is -1.02. The van der Waals surface area contributed by atoms with Gasteiger partial charge in [-0.15, -0.1) is 0 Å². The predicted octanol–water partition coefficient (Wildman–Crippen LogP) is 2.10. The fraction of sp³-hybridized carbons (Fsp3) is 0.273. The molecule has 0 saturated heterocycles. The fourth-order valence-electron chi connectivity index (χ4n) is 0.735. The highest BCUT2D eigenvalue weighted by molar-refractivity contribution is 8.12. The summed E-state index contributed by atoms with van der Waals surface area (Å²) >= 11 is 10.5. The lowest BCUT2D eigenvalue weighted by molar-refractivity contribution is 0.266. The minimum Gasteiger partial charge on any atom is -0.719 e. The Bertz CT molecular complexity index is 371. The molecule has 2 amide bonds. The van der Waals surface area contributed by atoms with Gasteiger partial charge in [0, 0.05) is 10.8 Å². The van der Waals surface area contributed by atoms with E-state index < -0.39 is 5.24 Å². The van der Waals surface area contributed by atoms with Crippen LogP contribution in [0.4, 0.5) is 9.59 Å². The summed E-state index contributed by atoms with van der Waals surface area (Å²) in [6.45, 7) is 0. The Morgan fingerprint density at radius 2 is 1.63 bits per heavy atom. The second-order valence-corrected chi connectivity index (χ2v) is 4.87. The van der Waals surface area contributed by atoms with Crippen LogP contribution in [0.2, 0.25) is 5.02 Å². The van der Waals surface area contributed by atoms with Gasteiger partial charge >= 0.3 is 0 Å². The first-order valence-electron chi connectivity index (χ1n) is 5.05. The maximum Gasteiger partial charge on any atom is 0.276 e. The molecule has 0 heterocycles. The van der Waals surface area contributed by atoms with E-state index in [9.17, 15) is 4.79 Å². The van der Waals surface area contributed by atoms with E-state index in [1.165, 1.54) is 0 Å². The first-order valence-corrected chi connectivity index (χ1v) is 6.82. The van der Waals surface area contributed by atoms with E-state index in [4.69, 9.17) is 22.1 Å². The molecule has 0 aliphatic heterocycles. The topological polar surface area (TPSA) is 98.2 Å². The fourth-order valence-corrected chi connectivity index (χ4v) is 1.36. The van der Waals surface area contributed by atoms with Crippen LogP contribution in [0, 0.1) is 0 Å². The molecule has 0 aromatic heterocycles. The lowest BCUT2D eigenvalue weighted by atomic mass is 10.2. The molecule has 19 heavy (non-hydrogen) atoms. The number of nitrogens with two attached hydrogens (primary N) is 2. The molecule has 0 fully saturated rings. The van der Waals surface area contributed by atoms with Crippen molar-refractivity contribution in [3.63, 3.8) is 0 Å². The summed E-state index contributed by atoms with van der Waals surface area (Å²) in [7, 11) is 3.75. The van der Waals surface area contributed by atoms with Crippen molar-refractivity contribution in [2.75, 3.05) is 14.1 Å². The zero-order chi connectivity index (χ0) is 15.3. The van der Waals surface area contributed by atoms with Gasteiger partial charge in [0.2, 0.25) is 0 Å². The molecule has 0 aliphatic rings. The van der Waals surface area contributed by atoms with Crippen molar-refractivity contribution in [3.05, 3.63) is 34.9 Å². The van der Waals surface area contributed by atoms with Crippen molar-refractivity contribution < 1.29 is 9.59 Å². The number of primary amides is 2. The zero-order valence-corrected chi connectivity index (χ0v) is 13.1. The summed E-state index contributed by atoms with van der Waals surface area (Å²) in [5.41, 5.74) is 10.3. The van der Waals surface area contributed by atoms with Gasteiger partial charge in [-0.1, -0.05) is 35.5 Å². The lowest BCUT2D eigenvalue weighted by Gasteiger charge is -1.97. The molecule has 1 rings (SSSR count). The van der Waals surface area contributed by atoms with Crippen LogP contribution >= 0.6 is 23.4 Å². The van der Waals surface area contributed by atoms with Gasteiger partial charge in [0.1, 0.15) is 0 Å². The number of benzene rings is 1. The summed E-state index contributed by atoms with van der Waals surface area (Å²) in [4.78, 5) is 19.4. The van der Waals surface area contributed by atoms with E-state index in [1.54, 1.807) is 12.1 Å². The number of hydrogen-bond acceptors (Lipinski definition) is 5. The molecule has 0 bridgehead atoms. The Labute approximate surface area is 127 Å². The second kappa shape index (κ2) is 13.4. The number of hydrogen-bond donors (Lipinski definition) is 3. The SMILES string of the molecule is CNC.NC(=O)SCc1ccc(Cl)cc1.NC(=O)[S-]. The van der Waals surface area contributed by atoms with Crippen LogP contribution < -0.4 is 16.8 Å². The van der Waals surface area contributed by atoms with Gasteiger partial charge in [-0.3, -0.25) is 4.79 Å². The molecule has 5 N–H and O–H groups in total. The van der Waals surface area contributed by atoms with Crippen molar-refractivity contribution >= 4 is 46.5 Å². The normalized spacial score (nSPS) is 8.37. The highest BCUT2D eigenvalue weighted by atomic mass is 35.5. The third-order valence-corrected chi connectivity index (χ3v) is 2.31. The Kier molecular flexibility index (Phi) is 14.3. The standard InChI is InChI=1S/C8H8ClNOS.C2H7N.CH3NOS/c9-7-3-1-6(2-4-7)5-12-8(10)11;1-3-2;2-1(3)4/h1-4H,5H2,(H2,10,11);3H,1-2H3;(H3,2,3,4)/p-1. The van der Waals surface area contributed by atoms with Crippen LogP contribution in [0.25, 0.3) is 0 Å². The largest absolute Gasteiger partial charge is 0.719 e. The monoisotopic (exact) mass is 322 g/mol. The van der Waals surface area contributed by atoms with Crippen molar-refractivity contribution in [1.82, 2.24) is 5.32 Å². The number of carbonyl (C=O) groups excluding carboxylic acids is 2. The van der Waals surface area contributed by atoms with Gasteiger partial charge in [0.25, 0.3) is 5.24 Å². The van der Waals surface area contributed by atoms with Crippen LogP contribution in [0.5, 0.6) is 0 Å². The zero-order valence-electron chi connectivity index (χ0n) is 10.7. The molecular weight excluding hydrogens is 306 g/mol. The first kappa shape index (κ1) is 20.3. The maximum atomic E-state index is 10.4. The quantitative estimate of drug-likeness (QED) is 0.724. The number of nitrogens with one attached hydrogen (secondary N) is 1.